The Hall–Kier alpha value is -0.420. The van der Waals surface area contributed by atoms with Gasteiger partial charge in [-0.05, 0) is 58.2 Å². The minimum atomic E-state index is -0.352. The number of aromatic nitrogens is 1. The molecular formula is C10H11Br2NO2. The predicted octanol–water partition coefficient (Wildman–Crippen LogP) is 3.40. The van der Waals surface area contributed by atoms with Crippen LogP contribution in [0, 0.1) is 13.8 Å². The van der Waals surface area contributed by atoms with Crippen LogP contribution in [0.25, 0.3) is 0 Å². The van der Waals surface area contributed by atoms with Crippen LogP contribution in [0.1, 0.15) is 28.5 Å². The molecule has 1 heterocycles. The molecule has 1 rings (SSSR count). The van der Waals surface area contributed by atoms with Gasteiger partial charge in [-0.15, -0.1) is 0 Å². The van der Waals surface area contributed by atoms with Crippen molar-refractivity contribution in [1.29, 1.82) is 0 Å². The normalized spacial score (nSPS) is 10.2. The molecule has 0 aliphatic carbocycles. The van der Waals surface area contributed by atoms with Crippen LogP contribution >= 0.6 is 31.9 Å². The first-order chi connectivity index (χ1) is 6.99. The molecular weight excluding hydrogens is 326 g/mol. The molecule has 1 aromatic heterocycles. The van der Waals surface area contributed by atoms with E-state index in [2.05, 4.69) is 36.8 Å². The van der Waals surface area contributed by atoms with E-state index in [0.29, 0.717) is 16.8 Å². The number of halogens is 2. The molecule has 0 unspecified atom stereocenters. The second-order valence-electron chi connectivity index (χ2n) is 3.02. The fourth-order valence-corrected chi connectivity index (χ4v) is 2.24. The zero-order valence-electron chi connectivity index (χ0n) is 8.73. The molecule has 0 bridgehead atoms. The van der Waals surface area contributed by atoms with Crippen molar-refractivity contribution in [1.82, 2.24) is 4.98 Å². The topological polar surface area (TPSA) is 39.2 Å². The second kappa shape index (κ2) is 5.07. The minimum absolute atomic E-state index is 0.352. The lowest BCUT2D eigenvalue weighted by atomic mass is 10.1. The van der Waals surface area contributed by atoms with Crippen molar-refractivity contribution in [3.8, 4) is 0 Å². The van der Waals surface area contributed by atoms with Crippen LogP contribution in [0.5, 0.6) is 0 Å². The van der Waals surface area contributed by atoms with E-state index in [9.17, 15) is 4.79 Å². The fraction of sp³-hybridized carbons (Fsp3) is 0.400. The number of aryl methyl sites for hydroxylation is 1. The van der Waals surface area contributed by atoms with Crippen molar-refractivity contribution < 1.29 is 9.53 Å². The molecule has 0 spiro atoms. The molecule has 1 aromatic rings. The van der Waals surface area contributed by atoms with Crippen molar-refractivity contribution in [2.24, 2.45) is 0 Å². The van der Waals surface area contributed by atoms with Crippen molar-refractivity contribution in [3.05, 3.63) is 25.9 Å². The van der Waals surface area contributed by atoms with Gasteiger partial charge in [-0.25, -0.2) is 9.78 Å². The average molecular weight is 337 g/mol. The van der Waals surface area contributed by atoms with Crippen LogP contribution < -0.4 is 0 Å². The number of nitrogens with zero attached hydrogens (tertiary/aromatic N) is 1. The van der Waals surface area contributed by atoms with Crippen molar-refractivity contribution in [2.45, 2.75) is 20.8 Å². The van der Waals surface area contributed by atoms with E-state index in [4.69, 9.17) is 4.74 Å². The summed E-state index contributed by atoms with van der Waals surface area (Å²) in [6, 6.07) is 0. The second-order valence-corrected chi connectivity index (χ2v) is 4.57. The molecule has 0 amide bonds. The maximum absolute atomic E-state index is 11.6. The molecule has 0 saturated carbocycles. The molecule has 0 atom stereocenters. The number of ether oxygens (including phenoxy) is 1. The summed E-state index contributed by atoms with van der Waals surface area (Å²) in [6.45, 7) is 5.86. The Morgan fingerprint density at radius 3 is 2.53 bits per heavy atom. The van der Waals surface area contributed by atoms with E-state index in [0.717, 1.165) is 15.7 Å². The van der Waals surface area contributed by atoms with Crippen LogP contribution in [0.3, 0.4) is 0 Å². The molecule has 0 saturated heterocycles. The summed E-state index contributed by atoms with van der Waals surface area (Å²) in [7, 11) is 0. The van der Waals surface area contributed by atoms with Gasteiger partial charge in [0, 0.05) is 4.47 Å². The summed E-state index contributed by atoms with van der Waals surface area (Å²) in [4.78, 5) is 15.8. The molecule has 0 aromatic carbocycles. The number of hydrogen-bond acceptors (Lipinski definition) is 3. The molecule has 0 aliphatic heterocycles. The third-order valence-electron chi connectivity index (χ3n) is 1.97. The molecule has 3 nitrogen and oxygen atoms in total. The van der Waals surface area contributed by atoms with Crippen molar-refractivity contribution in [2.75, 3.05) is 6.61 Å². The highest BCUT2D eigenvalue weighted by Crippen LogP contribution is 2.28. The lowest BCUT2D eigenvalue weighted by molar-refractivity contribution is 0.0523. The monoisotopic (exact) mass is 335 g/mol. The average Bonchev–Trinajstić information content (AvgIpc) is 2.15. The number of carbonyl (C=O) groups excluding carboxylic acids is 1. The molecule has 15 heavy (non-hydrogen) atoms. The van der Waals surface area contributed by atoms with Crippen LogP contribution in [0.4, 0.5) is 0 Å². The Balaban J connectivity index is 3.29. The standard InChI is InChI=1S/C10H11Br2NO2/c1-4-15-10(14)7-5(2)8(11)6(3)13-9(7)12/h4H2,1-3H3. The van der Waals surface area contributed by atoms with Crippen LogP contribution in [0.15, 0.2) is 9.08 Å². The van der Waals surface area contributed by atoms with Gasteiger partial charge in [-0.3, -0.25) is 0 Å². The zero-order chi connectivity index (χ0) is 11.6. The number of carbonyl (C=O) groups is 1. The van der Waals surface area contributed by atoms with E-state index >= 15 is 0 Å². The SMILES string of the molecule is CCOC(=O)c1c(Br)nc(C)c(Br)c1C. The predicted molar refractivity (Wildman–Crippen MR) is 65.1 cm³/mol. The van der Waals surface area contributed by atoms with Gasteiger partial charge < -0.3 is 4.74 Å². The molecule has 0 radical (unpaired) electrons. The Bertz CT molecular complexity index is 405. The minimum Gasteiger partial charge on any atom is -0.462 e. The van der Waals surface area contributed by atoms with Gasteiger partial charge in [0.05, 0.1) is 17.9 Å². The highest BCUT2D eigenvalue weighted by Gasteiger charge is 2.19. The maximum atomic E-state index is 11.6. The Kier molecular flexibility index (Phi) is 4.28. The van der Waals surface area contributed by atoms with Gasteiger partial charge >= 0.3 is 5.97 Å². The third-order valence-corrected chi connectivity index (χ3v) is 3.72. The Morgan fingerprint density at radius 2 is 2.00 bits per heavy atom. The summed E-state index contributed by atoms with van der Waals surface area (Å²) >= 11 is 6.66. The quantitative estimate of drug-likeness (QED) is 0.613. The highest BCUT2D eigenvalue weighted by molar-refractivity contribution is 9.11. The molecule has 0 fully saturated rings. The summed E-state index contributed by atoms with van der Waals surface area (Å²) in [5.41, 5.74) is 2.16. The van der Waals surface area contributed by atoms with Gasteiger partial charge in [0.25, 0.3) is 0 Å². The number of rotatable bonds is 2. The summed E-state index contributed by atoms with van der Waals surface area (Å²) < 4.78 is 6.32. The number of esters is 1. The van der Waals surface area contributed by atoms with Crippen molar-refractivity contribution >= 4 is 37.8 Å². The smallest absolute Gasteiger partial charge is 0.341 e. The van der Waals surface area contributed by atoms with E-state index in [-0.39, 0.29) is 5.97 Å². The van der Waals surface area contributed by atoms with E-state index in [1.54, 1.807) is 6.92 Å². The van der Waals surface area contributed by atoms with E-state index in [1.165, 1.54) is 0 Å². The van der Waals surface area contributed by atoms with Gasteiger partial charge in [0.2, 0.25) is 0 Å². The van der Waals surface area contributed by atoms with Gasteiger partial charge in [-0.1, -0.05) is 0 Å². The number of hydrogen-bond donors (Lipinski definition) is 0. The Labute approximate surface area is 105 Å². The number of pyridine rings is 1. The van der Waals surface area contributed by atoms with Gasteiger partial charge in [0.15, 0.2) is 0 Å². The first-order valence-corrected chi connectivity index (χ1v) is 6.07. The summed E-state index contributed by atoms with van der Waals surface area (Å²) in [5, 5.41) is 0. The maximum Gasteiger partial charge on any atom is 0.341 e. The van der Waals surface area contributed by atoms with Gasteiger partial charge in [-0.2, -0.15) is 0 Å². The first kappa shape index (κ1) is 12.6. The highest BCUT2D eigenvalue weighted by atomic mass is 79.9. The van der Waals surface area contributed by atoms with E-state index < -0.39 is 0 Å². The molecule has 0 aliphatic rings. The third kappa shape index (κ3) is 2.58. The fourth-order valence-electron chi connectivity index (χ4n) is 1.23. The summed E-state index contributed by atoms with van der Waals surface area (Å²) in [5.74, 6) is -0.352. The van der Waals surface area contributed by atoms with Gasteiger partial charge in [0.1, 0.15) is 4.60 Å². The summed E-state index contributed by atoms with van der Waals surface area (Å²) in [6.07, 6.45) is 0. The molecule has 0 N–H and O–H groups in total. The largest absolute Gasteiger partial charge is 0.462 e. The van der Waals surface area contributed by atoms with Crippen LogP contribution in [-0.2, 0) is 4.74 Å². The van der Waals surface area contributed by atoms with E-state index in [1.807, 2.05) is 13.8 Å². The Morgan fingerprint density at radius 1 is 1.40 bits per heavy atom. The molecule has 5 heteroatoms. The van der Waals surface area contributed by atoms with Crippen LogP contribution in [-0.4, -0.2) is 17.6 Å². The lowest BCUT2D eigenvalue weighted by Crippen LogP contribution is -2.10. The van der Waals surface area contributed by atoms with Crippen LogP contribution in [0.2, 0.25) is 0 Å². The lowest BCUT2D eigenvalue weighted by Gasteiger charge is -2.10. The first-order valence-electron chi connectivity index (χ1n) is 4.48. The molecule has 82 valence electrons. The zero-order valence-corrected chi connectivity index (χ0v) is 11.9. The van der Waals surface area contributed by atoms with Crippen molar-refractivity contribution in [3.63, 3.8) is 0 Å².